The van der Waals surface area contributed by atoms with Gasteiger partial charge >= 0.3 is 0 Å². The van der Waals surface area contributed by atoms with Gasteiger partial charge in [0, 0.05) is 49.7 Å². The van der Waals surface area contributed by atoms with Crippen LogP contribution >= 0.6 is 0 Å². The molecule has 0 amide bonds. The molecule has 0 radical (unpaired) electrons. The lowest BCUT2D eigenvalue weighted by molar-refractivity contribution is 0.660. The summed E-state index contributed by atoms with van der Waals surface area (Å²) < 4.78 is 8.74. The summed E-state index contributed by atoms with van der Waals surface area (Å²) in [6, 6.07) is 63.8. The van der Waals surface area contributed by atoms with Crippen LogP contribution in [0, 0.1) is 12.3 Å². The second-order valence-electron chi connectivity index (χ2n) is 16.4. The highest BCUT2D eigenvalue weighted by atomic mass is 16.3. The summed E-state index contributed by atoms with van der Waals surface area (Å²) in [7, 11) is 0. The summed E-state index contributed by atoms with van der Waals surface area (Å²) in [6.07, 6.45) is 11.5. The molecule has 1 aliphatic carbocycles. The number of fused-ring (bicyclic) bond motifs is 9. The quantitative estimate of drug-likeness (QED) is 0.119. The van der Waals surface area contributed by atoms with E-state index in [0.717, 1.165) is 61.3 Å². The molecule has 0 saturated heterocycles. The number of allylic oxidation sites excluding steroid dienone is 4. The molecule has 0 saturated carbocycles. The van der Waals surface area contributed by atoms with Gasteiger partial charge in [0.2, 0.25) is 0 Å². The van der Waals surface area contributed by atoms with E-state index in [4.69, 9.17) is 10.8 Å². The van der Waals surface area contributed by atoms with E-state index < -0.39 is 0 Å². The number of nitrogens with zero attached hydrogens (tertiary/aromatic N) is 2. The number of rotatable bonds is 7. The predicted molar refractivity (Wildman–Crippen MR) is 257 cm³/mol. The summed E-state index contributed by atoms with van der Waals surface area (Å²) >= 11 is 0. The fraction of sp³-hybridized carbons (Fsp3) is 0.0690. The number of para-hydroxylation sites is 2. The molecule has 0 bridgehead atoms. The molecule has 10 aromatic rings. The number of furan rings is 1. The molecular formula is C58H42N2O. The number of aromatic nitrogens is 1. The largest absolute Gasteiger partial charge is 0.456 e. The number of hydrogen-bond donors (Lipinski definition) is 0. The Morgan fingerprint density at radius 2 is 1.21 bits per heavy atom. The van der Waals surface area contributed by atoms with Crippen molar-refractivity contribution in [3.63, 3.8) is 0 Å². The SMILES string of the molecule is C#C/C=C\C(=C/C)c1ccc2c(c1)C(C)(C)c1cc(N(c3ccc(-c4ccccc4)cc3)c3ccc(-n4c5ccccc5c5cc6oc7ccccc7c6cc54)cc3)ccc1-2. The monoisotopic (exact) mass is 782 g/mol. The molecule has 61 heavy (non-hydrogen) atoms. The van der Waals surface area contributed by atoms with Crippen molar-refractivity contribution in [1.29, 1.82) is 0 Å². The first-order valence-corrected chi connectivity index (χ1v) is 20.9. The molecule has 8 aromatic carbocycles. The zero-order valence-corrected chi connectivity index (χ0v) is 34.4. The summed E-state index contributed by atoms with van der Waals surface area (Å²) in [4.78, 5) is 2.39. The minimum atomic E-state index is -0.222. The molecule has 0 spiro atoms. The molecule has 0 aliphatic heterocycles. The number of hydrogen-bond acceptors (Lipinski definition) is 2. The third kappa shape index (κ3) is 5.83. The van der Waals surface area contributed by atoms with E-state index in [1.54, 1.807) is 6.08 Å². The van der Waals surface area contributed by atoms with Crippen molar-refractivity contribution in [2.75, 3.05) is 4.90 Å². The molecule has 2 aromatic heterocycles. The minimum Gasteiger partial charge on any atom is -0.456 e. The Morgan fingerprint density at radius 3 is 1.97 bits per heavy atom. The van der Waals surface area contributed by atoms with Crippen LogP contribution in [0.15, 0.2) is 199 Å². The summed E-state index contributed by atoms with van der Waals surface area (Å²) in [6.45, 7) is 6.75. The molecule has 3 heteroatoms. The van der Waals surface area contributed by atoms with E-state index in [0.29, 0.717) is 0 Å². The van der Waals surface area contributed by atoms with E-state index >= 15 is 0 Å². The van der Waals surface area contributed by atoms with Crippen molar-refractivity contribution >= 4 is 66.4 Å². The van der Waals surface area contributed by atoms with Crippen LogP contribution in [0.1, 0.15) is 37.5 Å². The first-order chi connectivity index (χ1) is 29.9. The average Bonchev–Trinajstić information content (AvgIpc) is 3.91. The van der Waals surface area contributed by atoms with Crippen LogP contribution in [-0.4, -0.2) is 4.57 Å². The fourth-order valence-electron chi connectivity index (χ4n) is 9.64. The van der Waals surface area contributed by atoms with E-state index in [1.807, 2.05) is 18.2 Å². The van der Waals surface area contributed by atoms with E-state index in [2.05, 4.69) is 206 Å². The zero-order chi connectivity index (χ0) is 41.2. The number of anilines is 3. The Bertz CT molecular complexity index is 3440. The van der Waals surface area contributed by atoms with Gasteiger partial charge in [-0.1, -0.05) is 123 Å². The first-order valence-electron chi connectivity index (χ1n) is 20.9. The van der Waals surface area contributed by atoms with Gasteiger partial charge in [0.15, 0.2) is 0 Å². The van der Waals surface area contributed by atoms with Crippen LogP contribution < -0.4 is 4.90 Å². The van der Waals surface area contributed by atoms with Crippen molar-refractivity contribution in [3.8, 4) is 40.3 Å². The maximum atomic E-state index is 6.35. The summed E-state index contributed by atoms with van der Waals surface area (Å²) in [5, 5.41) is 4.62. The van der Waals surface area contributed by atoms with Crippen molar-refractivity contribution in [1.82, 2.24) is 4.57 Å². The van der Waals surface area contributed by atoms with Gasteiger partial charge in [-0.15, -0.1) is 6.42 Å². The van der Waals surface area contributed by atoms with Crippen molar-refractivity contribution in [3.05, 3.63) is 211 Å². The van der Waals surface area contributed by atoms with Gasteiger partial charge in [-0.3, -0.25) is 0 Å². The minimum absolute atomic E-state index is 0.222. The average molecular weight is 783 g/mol. The van der Waals surface area contributed by atoms with Crippen LogP contribution in [0.2, 0.25) is 0 Å². The molecule has 0 unspecified atom stereocenters. The maximum absolute atomic E-state index is 6.35. The standard InChI is InChI=1S/C58H42N2O/c1-5-7-15-38(6-2)41-24-32-46-47-33-31-45(35-53(47)58(3,4)52(46)34-41)59(42-25-22-40(23-26-42)39-16-9-8-10-17-39)43-27-29-44(30-28-43)60-54-20-13-11-18-48(54)50-37-57-51(36-55(50)60)49-19-12-14-21-56(49)61-57/h1,6-37H,2-4H3/b15-7-,38-6+. The lowest BCUT2D eigenvalue weighted by atomic mass is 9.81. The van der Waals surface area contributed by atoms with Gasteiger partial charge in [0.1, 0.15) is 11.2 Å². The molecule has 2 heterocycles. The summed E-state index contributed by atoms with van der Waals surface area (Å²) in [5.74, 6) is 2.64. The smallest absolute Gasteiger partial charge is 0.136 e. The van der Waals surface area contributed by atoms with Crippen LogP contribution in [0.25, 0.3) is 77.3 Å². The van der Waals surface area contributed by atoms with Crippen molar-refractivity contribution in [2.45, 2.75) is 26.2 Å². The Balaban J connectivity index is 1.04. The highest BCUT2D eigenvalue weighted by Gasteiger charge is 2.36. The lowest BCUT2D eigenvalue weighted by Crippen LogP contribution is -2.17. The van der Waals surface area contributed by atoms with Crippen LogP contribution in [0.4, 0.5) is 17.1 Å². The molecule has 0 atom stereocenters. The fourth-order valence-corrected chi connectivity index (χ4v) is 9.64. The Kier molecular flexibility index (Phi) is 8.44. The predicted octanol–water partition coefficient (Wildman–Crippen LogP) is 15.7. The van der Waals surface area contributed by atoms with Crippen LogP contribution in [-0.2, 0) is 5.41 Å². The topological polar surface area (TPSA) is 21.3 Å². The van der Waals surface area contributed by atoms with Gasteiger partial charge in [-0.2, -0.15) is 0 Å². The van der Waals surface area contributed by atoms with E-state index in [1.165, 1.54) is 49.7 Å². The van der Waals surface area contributed by atoms with Gasteiger partial charge < -0.3 is 13.9 Å². The number of benzene rings is 8. The van der Waals surface area contributed by atoms with Crippen molar-refractivity contribution in [2.24, 2.45) is 0 Å². The number of terminal acetylenes is 1. The highest BCUT2D eigenvalue weighted by molar-refractivity contribution is 6.17. The van der Waals surface area contributed by atoms with E-state index in [9.17, 15) is 0 Å². The zero-order valence-electron chi connectivity index (χ0n) is 34.4. The second-order valence-corrected chi connectivity index (χ2v) is 16.4. The molecule has 0 fully saturated rings. The third-order valence-corrected chi connectivity index (χ3v) is 12.7. The molecule has 0 N–H and O–H groups in total. The maximum Gasteiger partial charge on any atom is 0.136 e. The first kappa shape index (κ1) is 36.3. The molecular weight excluding hydrogens is 741 g/mol. The molecule has 11 rings (SSSR count). The van der Waals surface area contributed by atoms with E-state index in [-0.39, 0.29) is 5.41 Å². The van der Waals surface area contributed by atoms with Gasteiger partial charge in [-0.05, 0) is 142 Å². The normalized spacial score (nSPS) is 13.3. The van der Waals surface area contributed by atoms with Crippen LogP contribution in [0.3, 0.4) is 0 Å². The van der Waals surface area contributed by atoms with Crippen molar-refractivity contribution < 1.29 is 4.42 Å². The van der Waals surface area contributed by atoms with Gasteiger partial charge in [-0.25, -0.2) is 0 Å². The lowest BCUT2D eigenvalue weighted by Gasteiger charge is -2.28. The third-order valence-electron chi connectivity index (χ3n) is 12.7. The second kappa shape index (κ2) is 14.2. The molecule has 1 aliphatic rings. The Morgan fingerprint density at radius 1 is 0.574 bits per heavy atom. The van der Waals surface area contributed by atoms with Gasteiger partial charge in [0.05, 0.1) is 11.0 Å². The Hall–Kier alpha value is -7.80. The Labute approximate surface area is 356 Å². The summed E-state index contributed by atoms with van der Waals surface area (Å²) in [5.41, 5.74) is 18.1. The highest BCUT2D eigenvalue weighted by Crippen LogP contribution is 2.51. The van der Waals surface area contributed by atoms with Crippen LogP contribution in [0.5, 0.6) is 0 Å². The van der Waals surface area contributed by atoms with Gasteiger partial charge in [0.25, 0.3) is 0 Å². The molecule has 290 valence electrons. The molecule has 3 nitrogen and oxygen atoms in total.